The van der Waals surface area contributed by atoms with E-state index in [1.54, 1.807) is 0 Å². The zero-order valence-corrected chi connectivity index (χ0v) is 31.0. The molecule has 0 aliphatic heterocycles. The molecule has 0 bridgehead atoms. The molecule has 0 saturated carbocycles. The molecule has 1 heterocycles. The molecule has 1 aliphatic carbocycles. The van der Waals surface area contributed by atoms with Gasteiger partial charge < -0.3 is 9.47 Å². The minimum Gasteiger partial charge on any atom is -0.310 e. The van der Waals surface area contributed by atoms with Crippen molar-refractivity contribution in [2.75, 3.05) is 4.90 Å². The number of rotatable bonds is 7. The summed E-state index contributed by atoms with van der Waals surface area (Å²) in [5, 5.41) is 1.23. The average molecular weight is 705 g/mol. The molecular weight excluding hydrogens is 665 g/mol. The van der Waals surface area contributed by atoms with Crippen molar-refractivity contribution in [1.29, 1.82) is 0 Å². The quantitative estimate of drug-likeness (QED) is 0.160. The second-order valence-corrected chi connectivity index (χ2v) is 15.0. The van der Waals surface area contributed by atoms with Crippen LogP contribution in [0.5, 0.6) is 0 Å². The molecular formula is C53H40N2. The SMILES string of the molecule is CC1(C)c2ccccc2-c2ccc(N(c3ccc(-c4ccccc4)cc3)c3ccc(-c4c(-c5ccccc5)n(-c5ccccc5)c5ccccc45)cc3)cc21. The van der Waals surface area contributed by atoms with Crippen LogP contribution in [0.3, 0.4) is 0 Å². The fourth-order valence-electron chi connectivity index (χ4n) is 8.74. The van der Waals surface area contributed by atoms with Gasteiger partial charge in [-0.25, -0.2) is 0 Å². The van der Waals surface area contributed by atoms with Crippen LogP contribution in [0, 0.1) is 0 Å². The average Bonchev–Trinajstić information content (AvgIpc) is 3.71. The van der Waals surface area contributed by atoms with E-state index in [4.69, 9.17) is 0 Å². The van der Waals surface area contributed by atoms with Crippen LogP contribution in [0.2, 0.25) is 0 Å². The van der Waals surface area contributed by atoms with Crippen molar-refractivity contribution in [3.05, 3.63) is 217 Å². The Kier molecular flexibility index (Phi) is 7.85. The van der Waals surface area contributed by atoms with Gasteiger partial charge in [-0.3, -0.25) is 0 Å². The molecule has 0 N–H and O–H groups in total. The van der Waals surface area contributed by atoms with Crippen molar-refractivity contribution in [3.63, 3.8) is 0 Å². The van der Waals surface area contributed by atoms with Crippen LogP contribution < -0.4 is 4.90 Å². The molecule has 2 heteroatoms. The lowest BCUT2D eigenvalue weighted by molar-refractivity contribution is 0.660. The summed E-state index contributed by atoms with van der Waals surface area (Å²) in [6.07, 6.45) is 0. The fraction of sp³-hybridized carbons (Fsp3) is 0.0566. The lowest BCUT2D eigenvalue weighted by atomic mass is 9.82. The van der Waals surface area contributed by atoms with Gasteiger partial charge in [-0.1, -0.05) is 166 Å². The fourth-order valence-corrected chi connectivity index (χ4v) is 8.74. The van der Waals surface area contributed by atoms with Crippen LogP contribution in [0.25, 0.3) is 61.2 Å². The van der Waals surface area contributed by atoms with Crippen LogP contribution in [0.15, 0.2) is 206 Å². The standard InChI is InChI=1S/C53H40N2/c1-53(2)48-24-14-12-22-45(48)46-35-34-44(36-49(46)53)54(42-30-26-38(27-31-42)37-16-6-3-7-17-37)43-32-28-39(29-33-43)51-47-23-13-15-25-50(47)55(41-20-10-5-11-21-41)52(51)40-18-8-4-9-19-40/h3-36H,1-2H3. The summed E-state index contributed by atoms with van der Waals surface area (Å²) < 4.78 is 2.42. The van der Waals surface area contributed by atoms with Crippen molar-refractivity contribution in [2.45, 2.75) is 19.3 Å². The summed E-state index contributed by atoms with van der Waals surface area (Å²) in [5.41, 5.74) is 18.2. The monoisotopic (exact) mass is 704 g/mol. The Labute approximate surface area is 323 Å². The largest absolute Gasteiger partial charge is 0.310 e. The highest BCUT2D eigenvalue weighted by Gasteiger charge is 2.35. The first kappa shape index (κ1) is 32.7. The summed E-state index contributed by atoms with van der Waals surface area (Å²) in [4.78, 5) is 2.41. The van der Waals surface area contributed by atoms with Gasteiger partial charge in [-0.15, -0.1) is 0 Å². The molecule has 0 atom stereocenters. The molecule has 0 radical (unpaired) electrons. The molecule has 0 fully saturated rings. The molecule has 262 valence electrons. The Bertz CT molecular complexity index is 2800. The third-order valence-electron chi connectivity index (χ3n) is 11.4. The van der Waals surface area contributed by atoms with Crippen LogP contribution in [0.4, 0.5) is 17.1 Å². The van der Waals surface area contributed by atoms with Crippen LogP contribution in [0.1, 0.15) is 25.0 Å². The van der Waals surface area contributed by atoms with Gasteiger partial charge in [0, 0.05) is 39.1 Å². The lowest BCUT2D eigenvalue weighted by Crippen LogP contribution is -2.16. The van der Waals surface area contributed by atoms with E-state index in [-0.39, 0.29) is 5.41 Å². The molecule has 0 saturated heterocycles. The van der Waals surface area contributed by atoms with Gasteiger partial charge in [0.15, 0.2) is 0 Å². The Morgan fingerprint density at radius 3 is 1.60 bits per heavy atom. The lowest BCUT2D eigenvalue weighted by Gasteiger charge is -2.28. The van der Waals surface area contributed by atoms with Crippen molar-refractivity contribution in [2.24, 2.45) is 0 Å². The molecule has 1 aliphatic rings. The molecule has 55 heavy (non-hydrogen) atoms. The summed E-state index contributed by atoms with van der Waals surface area (Å²) in [6, 6.07) is 75.0. The number of nitrogens with zero attached hydrogens (tertiary/aromatic N) is 2. The number of aromatic nitrogens is 1. The Morgan fingerprint density at radius 2 is 0.909 bits per heavy atom. The van der Waals surface area contributed by atoms with Gasteiger partial charge in [0.1, 0.15) is 0 Å². The van der Waals surface area contributed by atoms with E-state index in [9.17, 15) is 0 Å². The number of hydrogen-bond acceptors (Lipinski definition) is 1. The third kappa shape index (κ3) is 5.49. The topological polar surface area (TPSA) is 8.17 Å². The second kappa shape index (κ2) is 13.2. The van der Waals surface area contributed by atoms with Gasteiger partial charge in [-0.05, 0) is 99.1 Å². The van der Waals surface area contributed by atoms with Gasteiger partial charge in [-0.2, -0.15) is 0 Å². The first-order valence-electron chi connectivity index (χ1n) is 19.1. The van der Waals surface area contributed by atoms with Crippen molar-refractivity contribution in [1.82, 2.24) is 4.57 Å². The van der Waals surface area contributed by atoms with Crippen molar-refractivity contribution in [3.8, 4) is 50.3 Å². The zero-order valence-electron chi connectivity index (χ0n) is 31.0. The van der Waals surface area contributed by atoms with Crippen molar-refractivity contribution < 1.29 is 0 Å². The Morgan fingerprint density at radius 1 is 0.400 bits per heavy atom. The van der Waals surface area contributed by atoms with Gasteiger partial charge in [0.2, 0.25) is 0 Å². The molecule has 8 aromatic carbocycles. The Hall–Kier alpha value is -6.90. The molecule has 0 unspecified atom stereocenters. The first-order valence-corrected chi connectivity index (χ1v) is 19.1. The van der Waals surface area contributed by atoms with E-state index < -0.39 is 0 Å². The van der Waals surface area contributed by atoms with E-state index >= 15 is 0 Å². The summed E-state index contributed by atoms with van der Waals surface area (Å²) >= 11 is 0. The number of benzene rings is 8. The highest BCUT2D eigenvalue weighted by molar-refractivity contribution is 6.06. The predicted molar refractivity (Wildman–Crippen MR) is 232 cm³/mol. The smallest absolute Gasteiger partial charge is 0.0619 e. The van der Waals surface area contributed by atoms with Gasteiger partial charge in [0.25, 0.3) is 0 Å². The number of para-hydroxylation sites is 2. The van der Waals surface area contributed by atoms with E-state index in [0.717, 1.165) is 22.7 Å². The molecule has 1 aromatic heterocycles. The molecule has 2 nitrogen and oxygen atoms in total. The summed E-state index contributed by atoms with van der Waals surface area (Å²) in [5.74, 6) is 0. The summed E-state index contributed by atoms with van der Waals surface area (Å²) in [6.45, 7) is 4.71. The van der Waals surface area contributed by atoms with Crippen LogP contribution in [-0.2, 0) is 5.41 Å². The van der Waals surface area contributed by atoms with E-state index in [2.05, 4.69) is 230 Å². The van der Waals surface area contributed by atoms with Gasteiger partial charge in [0.05, 0.1) is 11.2 Å². The maximum atomic E-state index is 2.42. The highest BCUT2D eigenvalue weighted by atomic mass is 15.1. The molecule has 10 rings (SSSR count). The molecule has 9 aromatic rings. The van der Waals surface area contributed by atoms with E-state index in [1.807, 2.05) is 0 Å². The molecule has 0 amide bonds. The normalized spacial score (nSPS) is 12.7. The first-order chi connectivity index (χ1) is 27.1. The maximum absolute atomic E-state index is 2.42. The van der Waals surface area contributed by atoms with Crippen LogP contribution >= 0.6 is 0 Å². The van der Waals surface area contributed by atoms with Crippen LogP contribution in [-0.4, -0.2) is 4.57 Å². The van der Waals surface area contributed by atoms with E-state index in [1.165, 1.54) is 66.7 Å². The minimum absolute atomic E-state index is 0.102. The highest BCUT2D eigenvalue weighted by Crippen LogP contribution is 2.51. The summed E-state index contributed by atoms with van der Waals surface area (Å²) in [7, 11) is 0. The maximum Gasteiger partial charge on any atom is 0.0619 e. The van der Waals surface area contributed by atoms with E-state index in [0.29, 0.717) is 0 Å². The second-order valence-electron chi connectivity index (χ2n) is 15.0. The molecule has 0 spiro atoms. The number of fused-ring (bicyclic) bond motifs is 4. The zero-order chi connectivity index (χ0) is 36.9. The third-order valence-corrected chi connectivity index (χ3v) is 11.4. The Balaban J connectivity index is 1.14. The number of hydrogen-bond donors (Lipinski definition) is 0. The number of anilines is 3. The minimum atomic E-state index is -0.102. The predicted octanol–water partition coefficient (Wildman–Crippen LogP) is 14.4. The van der Waals surface area contributed by atoms with Crippen molar-refractivity contribution >= 4 is 28.0 Å². The van der Waals surface area contributed by atoms with Gasteiger partial charge >= 0.3 is 0 Å².